The van der Waals surface area contributed by atoms with Gasteiger partial charge in [0.1, 0.15) is 0 Å². The Labute approximate surface area is 110 Å². The molecule has 0 bridgehead atoms. The molecule has 1 aliphatic heterocycles. The minimum absolute atomic E-state index is 0.149. The van der Waals surface area contributed by atoms with Gasteiger partial charge in [0.15, 0.2) is 0 Å². The summed E-state index contributed by atoms with van der Waals surface area (Å²) in [6, 6.07) is 0. The SMILES string of the molecule is O=C(NC[C@@]1(O)CCCNC1)C1CCCCCC1. The van der Waals surface area contributed by atoms with E-state index in [-0.39, 0.29) is 11.8 Å². The molecular formula is C14H26N2O2. The van der Waals surface area contributed by atoms with Gasteiger partial charge >= 0.3 is 0 Å². The first-order valence-electron chi connectivity index (χ1n) is 7.40. The normalized spacial score (nSPS) is 30.7. The van der Waals surface area contributed by atoms with E-state index in [1.54, 1.807) is 0 Å². The summed E-state index contributed by atoms with van der Waals surface area (Å²) in [5.41, 5.74) is -0.737. The second kappa shape index (κ2) is 6.53. The van der Waals surface area contributed by atoms with Gasteiger partial charge in [0, 0.05) is 19.0 Å². The molecule has 1 saturated heterocycles. The number of aliphatic hydroxyl groups is 1. The summed E-state index contributed by atoms with van der Waals surface area (Å²) in [7, 11) is 0. The maximum atomic E-state index is 12.1. The highest BCUT2D eigenvalue weighted by atomic mass is 16.3. The molecule has 1 amide bonds. The Morgan fingerprint density at radius 3 is 2.56 bits per heavy atom. The molecule has 0 aromatic heterocycles. The smallest absolute Gasteiger partial charge is 0.223 e. The summed E-state index contributed by atoms with van der Waals surface area (Å²) >= 11 is 0. The number of rotatable bonds is 3. The summed E-state index contributed by atoms with van der Waals surface area (Å²) < 4.78 is 0. The van der Waals surface area contributed by atoms with E-state index >= 15 is 0 Å². The highest BCUT2D eigenvalue weighted by Gasteiger charge is 2.30. The summed E-state index contributed by atoms with van der Waals surface area (Å²) in [5, 5.41) is 16.4. The van der Waals surface area contributed by atoms with Crippen molar-refractivity contribution in [3.8, 4) is 0 Å². The van der Waals surface area contributed by atoms with Gasteiger partial charge in [0.2, 0.25) is 5.91 Å². The molecule has 1 saturated carbocycles. The van der Waals surface area contributed by atoms with Gasteiger partial charge in [-0.3, -0.25) is 4.79 Å². The third-order valence-corrected chi connectivity index (χ3v) is 4.27. The minimum atomic E-state index is -0.737. The number of amides is 1. The monoisotopic (exact) mass is 254 g/mol. The molecule has 2 aliphatic rings. The van der Waals surface area contributed by atoms with Crippen LogP contribution in [0.15, 0.2) is 0 Å². The molecule has 3 N–H and O–H groups in total. The van der Waals surface area contributed by atoms with E-state index in [0.717, 1.165) is 32.2 Å². The van der Waals surface area contributed by atoms with Crippen molar-refractivity contribution < 1.29 is 9.90 Å². The molecular weight excluding hydrogens is 228 g/mol. The van der Waals surface area contributed by atoms with E-state index in [4.69, 9.17) is 0 Å². The van der Waals surface area contributed by atoms with Gasteiger partial charge in [-0.15, -0.1) is 0 Å². The van der Waals surface area contributed by atoms with Crippen LogP contribution in [0.2, 0.25) is 0 Å². The van der Waals surface area contributed by atoms with Gasteiger partial charge in [-0.2, -0.15) is 0 Å². The fraction of sp³-hybridized carbons (Fsp3) is 0.929. The van der Waals surface area contributed by atoms with Crippen molar-refractivity contribution in [2.24, 2.45) is 5.92 Å². The van der Waals surface area contributed by atoms with E-state index in [1.165, 1.54) is 25.7 Å². The van der Waals surface area contributed by atoms with Crippen molar-refractivity contribution in [1.82, 2.24) is 10.6 Å². The lowest BCUT2D eigenvalue weighted by Gasteiger charge is -2.33. The fourth-order valence-electron chi connectivity index (χ4n) is 3.04. The number of nitrogens with one attached hydrogen (secondary N) is 2. The average molecular weight is 254 g/mol. The highest BCUT2D eigenvalue weighted by Crippen LogP contribution is 2.23. The second-order valence-electron chi connectivity index (χ2n) is 5.91. The molecule has 0 aromatic carbocycles. The van der Waals surface area contributed by atoms with Crippen molar-refractivity contribution in [1.29, 1.82) is 0 Å². The molecule has 4 nitrogen and oxygen atoms in total. The third kappa shape index (κ3) is 3.95. The van der Waals surface area contributed by atoms with E-state index in [0.29, 0.717) is 13.1 Å². The second-order valence-corrected chi connectivity index (χ2v) is 5.91. The predicted molar refractivity (Wildman–Crippen MR) is 71.3 cm³/mol. The first-order chi connectivity index (χ1) is 8.70. The molecule has 2 rings (SSSR count). The van der Waals surface area contributed by atoms with Crippen LogP contribution in [0.5, 0.6) is 0 Å². The highest BCUT2D eigenvalue weighted by molar-refractivity contribution is 5.78. The van der Waals surface area contributed by atoms with Crippen molar-refractivity contribution >= 4 is 5.91 Å². The zero-order valence-corrected chi connectivity index (χ0v) is 11.2. The summed E-state index contributed by atoms with van der Waals surface area (Å²) in [5.74, 6) is 0.323. The number of piperidine rings is 1. The van der Waals surface area contributed by atoms with Crippen LogP contribution in [0, 0.1) is 5.92 Å². The van der Waals surface area contributed by atoms with Crippen molar-refractivity contribution in [3.05, 3.63) is 0 Å². The Balaban J connectivity index is 1.76. The van der Waals surface area contributed by atoms with Gasteiger partial charge in [0.05, 0.1) is 5.60 Å². The molecule has 0 aromatic rings. The Morgan fingerprint density at radius 2 is 1.94 bits per heavy atom. The van der Waals surface area contributed by atoms with Gasteiger partial charge in [-0.25, -0.2) is 0 Å². The van der Waals surface area contributed by atoms with Gasteiger partial charge in [-0.05, 0) is 32.2 Å². The van der Waals surface area contributed by atoms with E-state index < -0.39 is 5.60 Å². The summed E-state index contributed by atoms with van der Waals surface area (Å²) in [4.78, 5) is 12.1. The number of hydrogen-bond acceptors (Lipinski definition) is 3. The van der Waals surface area contributed by atoms with E-state index in [9.17, 15) is 9.90 Å². The van der Waals surface area contributed by atoms with Crippen LogP contribution in [0.1, 0.15) is 51.4 Å². The first kappa shape index (κ1) is 13.8. The zero-order chi connectivity index (χ0) is 12.8. The first-order valence-corrected chi connectivity index (χ1v) is 7.40. The van der Waals surface area contributed by atoms with Crippen LogP contribution in [0.4, 0.5) is 0 Å². The van der Waals surface area contributed by atoms with Gasteiger partial charge in [0.25, 0.3) is 0 Å². The quantitative estimate of drug-likeness (QED) is 0.663. The molecule has 2 fully saturated rings. The molecule has 0 unspecified atom stereocenters. The topological polar surface area (TPSA) is 61.4 Å². The number of β-amino-alcohol motifs (C(OH)–C–C–N with tert-alkyl or cyclic N) is 1. The van der Waals surface area contributed by atoms with Crippen LogP contribution in [-0.2, 0) is 4.79 Å². The number of carbonyl (C=O) groups excluding carboxylic acids is 1. The molecule has 18 heavy (non-hydrogen) atoms. The van der Waals surface area contributed by atoms with Crippen LogP contribution in [0.25, 0.3) is 0 Å². The maximum Gasteiger partial charge on any atom is 0.223 e. The lowest BCUT2D eigenvalue weighted by atomic mass is 9.93. The molecule has 0 radical (unpaired) electrons. The van der Waals surface area contributed by atoms with Crippen molar-refractivity contribution in [2.45, 2.75) is 57.0 Å². The predicted octanol–water partition coefficient (Wildman–Crippen LogP) is 1.19. The minimum Gasteiger partial charge on any atom is -0.387 e. The Bertz CT molecular complexity index is 267. The fourth-order valence-corrected chi connectivity index (χ4v) is 3.04. The van der Waals surface area contributed by atoms with Crippen molar-refractivity contribution in [2.75, 3.05) is 19.6 Å². The molecule has 1 atom stereocenters. The molecule has 1 aliphatic carbocycles. The van der Waals surface area contributed by atoms with E-state index in [2.05, 4.69) is 10.6 Å². The zero-order valence-electron chi connectivity index (χ0n) is 11.2. The largest absolute Gasteiger partial charge is 0.387 e. The maximum absolute atomic E-state index is 12.1. The Morgan fingerprint density at radius 1 is 1.22 bits per heavy atom. The van der Waals surface area contributed by atoms with Crippen LogP contribution < -0.4 is 10.6 Å². The molecule has 104 valence electrons. The summed E-state index contributed by atoms with van der Waals surface area (Å²) in [6.07, 6.45) is 8.66. The standard InChI is InChI=1S/C14H26N2O2/c17-13(12-6-3-1-2-4-7-12)16-11-14(18)8-5-9-15-10-14/h12,15,18H,1-11H2,(H,16,17)/t14-/m1/s1. The number of hydrogen-bond donors (Lipinski definition) is 3. The lowest BCUT2D eigenvalue weighted by molar-refractivity contribution is -0.126. The third-order valence-electron chi connectivity index (χ3n) is 4.27. The average Bonchev–Trinajstić information content (AvgIpc) is 2.66. The Kier molecular flexibility index (Phi) is 5.01. The lowest BCUT2D eigenvalue weighted by Crippen LogP contribution is -2.53. The molecule has 0 spiro atoms. The van der Waals surface area contributed by atoms with Crippen LogP contribution >= 0.6 is 0 Å². The van der Waals surface area contributed by atoms with Crippen LogP contribution in [-0.4, -0.2) is 36.2 Å². The molecule has 1 heterocycles. The van der Waals surface area contributed by atoms with E-state index in [1.807, 2.05) is 0 Å². The summed E-state index contributed by atoms with van der Waals surface area (Å²) in [6.45, 7) is 1.96. The van der Waals surface area contributed by atoms with Gasteiger partial charge < -0.3 is 15.7 Å². The van der Waals surface area contributed by atoms with Crippen LogP contribution in [0.3, 0.4) is 0 Å². The van der Waals surface area contributed by atoms with Gasteiger partial charge in [-0.1, -0.05) is 25.7 Å². The Hall–Kier alpha value is -0.610. The van der Waals surface area contributed by atoms with Crippen molar-refractivity contribution in [3.63, 3.8) is 0 Å². The number of carbonyl (C=O) groups is 1. The molecule has 4 heteroatoms.